The van der Waals surface area contributed by atoms with Gasteiger partial charge in [0.05, 0.1) is 12.7 Å². The number of amides is 2. The smallest absolute Gasteiger partial charge is 0.270 e. The topological polar surface area (TPSA) is 78.7 Å². The largest absolute Gasteiger partial charge is 0.353 e. The Kier molecular flexibility index (Phi) is 9.60. The van der Waals surface area contributed by atoms with E-state index in [1.54, 1.807) is 0 Å². The van der Waals surface area contributed by atoms with Crippen molar-refractivity contribution in [3.8, 4) is 0 Å². The van der Waals surface area contributed by atoms with Crippen LogP contribution >= 0.6 is 0 Å². The highest BCUT2D eigenvalue weighted by Crippen LogP contribution is 2.71. The van der Waals surface area contributed by atoms with E-state index in [9.17, 15) is 9.59 Å². The monoisotopic (exact) mass is 692 g/mol. The Morgan fingerprint density at radius 1 is 0.860 bits per heavy atom. The van der Waals surface area contributed by atoms with E-state index in [4.69, 9.17) is 16.0 Å². The molecule has 8 fully saturated rings. The Morgan fingerprint density at radius 2 is 1.62 bits per heavy atom. The molecule has 4 saturated carbocycles. The number of carbonyl (C=O) groups excluding carboxylic acids is 2. The van der Waals surface area contributed by atoms with Gasteiger partial charge in [0.1, 0.15) is 6.42 Å². The highest BCUT2D eigenvalue weighted by Gasteiger charge is 2.69. The molecule has 8 aliphatic rings. The van der Waals surface area contributed by atoms with Gasteiger partial charge in [-0.2, -0.15) is 0 Å². The summed E-state index contributed by atoms with van der Waals surface area (Å²) in [6.07, 6.45) is 14.6. The molecular formula is C41H65N5O4. The molecule has 1 spiro atoms. The van der Waals surface area contributed by atoms with E-state index in [0.29, 0.717) is 66.4 Å². The molecule has 12 atom stereocenters. The number of likely N-dealkylation sites (tertiary alicyclic amines) is 1. The standard InChI is InChI=1S/C41H65N5O4/c1-27-8-15-41(49-25-27)28(2)38-35(50-41)23-34-32-7-6-29-22-30(9-13-39(29,3)33(32)10-14-40(34,38)4)43-36(47)24-37(48)46-20-18-45(19-21-46)31-11-16-44(17-12-31)26-42-5/h27-35,38H,6-26H2,1-4H3,(H,43,47)/t27-,28+,29?,30?,32-,33?,34+,35?,38+,39+,40+,41-/m1/s1. The fourth-order valence-corrected chi connectivity index (χ4v) is 13.8. The van der Waals surface area contributed by atoms with E-state index in [1.807, 2.05) is 4.90 Å². The van der Waals surface area contributed by atoms with Gasteiger partial charge in [-0.05, 0) is 117 Å². The number of hydrogen-bond donors (Lipinski definition) is 1. The quantitative estimate of drug-likeness (QED) is 0.291. The number of ether oxygens (including phenoxy) is 2. The van der Waals surface area contributed by atoms with Gasteiger partial charge in [-0.15, -0.1) is 0 Å². The molecule has 0 aromatic rings. The van der Waals surface area contributed by atoms with E-state index in [-0.39, 0.29) is 30.1 Å². The molecule has 50 heavy (non-hydrogen) atoms. The molecule has 0 aromatic carbocycles. The lowest BCUT2D eigenvalue weighted by atomic mass is 9.44. The van der Waals surface area contributed by atoms with Crippen molar-refractivity contribution >= 4 is 11.8 Å². The second kappa shape index (κ2) is 13.6. The zero-order valence-electron chi connectivity index (χ0n) is 31.5. The second-order valence-electron chi connectivity index (χ2n) is 19.0. The van der Waals surface area contributed by atoms with Gasteiger partial charge in [0.15, 0.2) is 5.79 Å². The molecule has 278 valence electrons. The minimum Gasteiger partial charge on any atom is -0.353 e. The SMILES string of the molecule is [C-]#[N+]CN1CCC(N2CCN(C(=O)CC(=O)NC3CC[C@@]4(C)C(CC[C@@H]5C4CC[C@]4(C)[C@@H]6C(C[C@@H]54)O[C@]4(CC[C@@H](C)CO4)[C@H]6C)C3)CC2)CC1. The van der Waals surface area contributed by atoms with Crippen LogP contribution in [0.3, 0.4) is 0 Å². The fraction of sp³-hybridized carbons (Fsp3) is 0.927. The van der Waals surface area contributed by atoms with Crippen LogP contribution in [0.5, 0.6) is 0 Å². The van der Waals surface area contributed by atoms with Crippen LogP contribution in [0.2, 0.25) is 0 Å². The van der Waals surface area contributed by atoms with Gasteiger partial charge in [-0.1, -0.05) is 27.7 Å². The highest BCUT2D eigenvalue weighted by atomic mass is 16.7. The van der Waals surface area contributed by atoms with Crippen molar-refractivity contribution in [1.29, 1.82) is 0 Å². The number of fused-ring (bicyclic) bond motifs is 7. The van der Waals surface area contributed by atoms with Crippen LogP contribution in [-0.2, 0) is 19.1 Å². The summed E-state index contributed by atoms with van der Waals surface area (Å²) in [4.78, 5) is 36.6. The molecule has 0 radical (unpaired) electrons. The van der Waals surface area contributed by atoms with Crippen molar-refractivity contribution in [3.63, 3.8) is 0 Å². The average molecular weight is 692 g/mol. The van der Waals surface area contributed by atoms with Crippen molar-refractivity contribution in [1.82, 2.24) is 20.0 Å². The Bertz CT molecular complexity index is 1310. The molecule has 1 N–H and O–H groups in total. The van der Waals surface area contributed by atoms with E-state index in [2.05, 4.69) is 47.7 Å². The first-order valence-corrected chi connectivity index (χ1v) is 20.7. The summed E-state index contributed by atoms with van der Waals surface area (Å²) < 4.78 is 13.5. The van der Waals surface area contributed by atoms with Crippen LogP contribution in [0.25, 0.3) is 4.85 Å². The van der Waals surface area contributed by atoms with E-state index >= 15 is 0 Å². The van der Waals surface area contributed by atoms with Crippen molar-refractivity contribution in [3.05, 3.63) is 11.4 Å². The summed E-state index contributed by atoms with van der Waals surface area (Å²) in [6.45, 7) is 23.6. The first-order chi connectivity index (χ1) is 24.0. The molecule has 0 aromatic heterocycles. The number of carbonyl (C=O) groups is 2. The summed E-state index contributed by atoms with van der Waals surface area (Å²) in [5, 5.41) is 3.34. The molecule has 4 saturated heterocycles. The summed E-state index contributed by atoms with van der Waals surface area (Å²) in [7, 11) is 0. The molecule has 2 amide bonds. The van der Waals surface area contributed by atoms with Gasteiger partial charge in [0, 0.05) is 63.7 Å². The zero-order valence-corrected chi connectivity index (χ0v) is 31.5. The normalized spacial score (nSPS) is 46.8. The number of piperidine rings is 1. The summed E-state index contributed by atoms with van der Waals surface area (Å²) in [5.74, 6) is 4.27. The number of nitrogens with one attached hydrogen (secondary N) is 1. The Hall–Kier alpha value is -1.73. The summed E-state index contributed by atoms with van der Waals surface area (Å²) in [6, 6.07) is 0.741. The molecule has 9 nitrogen and oxygen atoms in total. The molecule has 4 heterocycles. The minimum absolute atomic E-state index is 0.0180. The van der Waals surface area contributed by atoms with Gasteiger partial charge in [0.2, 0.25) is 11.8 Å². The van der Waals surface area contributed by atoms with Crippen molar-refractivity contribution in [2.45, 2.75) is 135 Å². The molecular weight excluding hydrogens is 626 g/mol. The van der Waals surface area contributed by atoms with Crippen LogP contribution < -0.4 is 5.32 Å². The maximum Gasteiger partial charge on any atom is 0.270 e. The first-order valence-electron chi connectivity index (χ1n) is 20.7. The molecule has 4 aliphatic carbocycles. The van der Waals surface area contributed by atoms with Gasteiger partial charge >= 0.3 is 0 Å². The van der Waals surface area contributed by atoms with Crippen molar-refractivity contribution < 1.29 is 19.1 Å². The van der Waals surface area contributed by atoms with Gasteiger partial charge < -0.3 is 19.7 Å². The van der Waals surface area contributed by atoms with Crippen LogP contribution in [-0.4, -0.2) is 103 Å². The zero-order chi connectivity index (χ0) is 34.8. The van der Waals surface area contributed by atoms with Crippen molar-refractivity contribution in [2.75, 3.05) is 52.5 Å². The number of piperazine rings is 1. The number of hydrogen-bond acceptors (Lipinski definition) is 6. The number of rotatable bonds is 5. The predicted octanol–water partition coefficient (Wildman–Crippen LogP) is 5.79. The molecule has 8 rings (SSSR count). The van der Waals surface area contributed by atoms with Gasteiger partial charge in [-0.3, -0.25) is 19.3 Å². The molecule has 4 unspecified atom stereocenters. The van der Waals surface area contributed by atoms with Gasteiger partial charge in [0.25, 0.3) is 6.67 Å². The fourth-order valence-electron chi connectivity index (χ4n) is 13.8. The molecule has 0 bridgehead atoms. The highest BCUT2D eigenvalue weighted by molar-refractivity contribution is 5.97. The second-order valence-corrected chi connectivity index (χ2v) is 19.0. The minimum atomic E-state index is -0.336. The lowest BCUT2D eigenvalue weighted by Crippen LogP contribution is -2.56. The van der Waals surface area contributed by atoms with Crippen LogP contribution in [0.4, 0.5) is 0 Å². The number of nitrogens with zero attached hydrogens (tertiary/aromatic N) is 4. The molecule has 4 aliphatic heterocycles. The van der Waals surface area contributed by atoms with Crippen molar-refractivity contribution in [2.24, 2.45) is 52.3 Å². The molecule has 9 heteroatoms. The maximum absolute atomic E-state index is 13.2. The van der Waals surface area contributed by atoms with Crippen LogP contribution in [0, 0.1) is 58.8 Å². The summed E-state index contributed by atoms with van der Waals surface area (Å²) in [5.41, 5.74) is 0.703. The summed E-state index contributed by atoms with van der Waals surface area (Å²) >= 11 is 0. The first kappa shape index (κ1) is 35.3. The Labute approximate surface area is 301 Å². The van der Waals surface area contributed by atoms with E-state index < -0.39 is 0 Å². The third-order valence-corrected chi connectivity index (χ3v) is 16.6. The third kappa shape index (κ3) is 6.04. The Morgan fingerprint density at radius 3 is 2.34 bits per heavy atom. The lowest BCUT2D eigenvalue weighted by molar-refractivity contribution is -0.273. The Balaban J connectivity index is 0.813. The van der Waals surface area contributed by atoms with E-state index in [1.165, 1.54) is 44.9 Å². The van der Waals surface area contributed by atoms with E-state index in [0.717, 1.165) is 82.6 Å². The van der Waals surface area contributed by atoms with Crippen LogP contribution in [0.15, 0.2) is 0 Å². The maximum atomic E-state index is 13.2. The van der Waals surface area contributed by atoms with Crippen LogP contribution in [0.1, 0.15) is 111 Å². The predicted molar refractivity (Wildman–Crippen MR) is 192 cm³/mol. The van der Waals surface area contributed by atoms with Gasteiger partial charge in [-0.25, -0.2) is 11.5 Å². The third-order valence-electron chi connectivity index (χ3n) is 16.6. The lowest BCUT2D eigenvalue weighted by Gasteiger charge is -2.61. The average Bonchev–Trinajstić information content (AvgIpc) is 3.56.